The number of hydrogen-bond acceptors (Lipinski definition) is 4. The zero-order valence-electron chi connectivity index (χ0n) is 9.15. The molecule has 1 N–H and O–H groups in total. The van der Waals surface area contributed by atoms with Gasteiger partial charge in [0.2, 0.25) is 0 Å². The van der Waals surface area contributed by atoms with E-state index in [1.54, 1.807) is 12.3 Å². The Labute approximate surface area is 99.2 Å². The average molecular weight is 228 g/mol. The van der Waals surface area contributed by atoms with Gasteiger partial charge < -0.3 is 9.94 Å². The first-order valence-corrected chi connectivity index (χ1v) is 5.19. The summed E-state index contributed by atoms with van der Waals surface area (Å²) in [6, 6.07) is 13.0. The first-order valence-electron chi connectivity index (χ1n) is 5.19. The fourth-order valence-electron chi connectivity index (χ4n) is 1.39. The van der Waals surface area contributed by atoms with Crippen molar-refractivity contribution in [3.63, 3.8) is 0 Å². The van der Waals surface area contributed by atoms with E-state index in [2.05, 4.69) is 10.1 Å². The minimum absolute atomic E-state index is 0.417. The summed E-state index contributed by atoms with van der Waals surface area (Å²) in [5.74, 6) is 0.716. The van der Waals surface area contributed by atoms with Gasteiger partial charge in [-0.3, -0.25) is 4.98 Å². The Morgan fingerprint density at radius 2 is 2.18 bits per heavy atom. The molecule has 1 aromatic carbocycles. The minimum atomic E-state index is 0.417. The molecule has 1 heterocycles. The monoisotopic (exact) mass is 228 g/mol. The molecule has 0 atom stereocenters. The van der Waals surface area contributed by atoms with E-state index in [0.717, 1.165) is 11.3 Å². The summed E-state index contributed by atoms with van der Waals surface area (Å²) in [5.41, 5.74) is 1.65. The van der Waals surface area contributed by atoms with Crippen LogP contribution in [0.5, 0.6) is 5.75 Å². The molecule has 0 spiro atoms. The highest BCUT2D eigenvalue weighted by atomic mass is 16.5. The number of rotatable bonds is 4. The fourth-order valence-corrected chi connectivity index (χ4v) is 1.39. The number of benzene rings is 1. The molecular weight excluding hydrogens is 216 g/mol. The highest BCUT2D eigenvalue weighted by Gasteiger charge is 1.97. The quantitative estimate of drug-likeness (QED) is 0.497. The molecule has 0 aliphatic rings. The maximum atomic E-state index is 8.44. The Hall–Kier alpha value is -2.36. The van der Waals surface area contributed by atoms with Gasteiger partial charge in [0, 0.05) is 6.20 Å². The van der Waals surface area contributed by atoms with Crippen LogP contribution in [0.1, 0.15) is 11.3 Å². The number of pyridine rings is 1. The molecule has 0 saturated heterocycles. The second kappa shape index (κ2) is 5.65. The van der Waals surface area contributed by atoms with Crippen molar-refractivity contribution in [2.24, 2.45) is 5.16 Å². The van der Waals surface area contributed by atoms with E-state index in [1.165, 1.54) is 6.21 Å². The van der Waals surface area contributed by atoms with Gasteiger partial charge in [-0.05, 0) is 29.8 Å². The van der Waals surface area contributed by atoms with E-state index in [1.807, 2.05) is 36.4 Å². The molecule has 1 aromatic heterocycles. The molecule has 2 aromatic rings. The molecule has 2 rings (SSSR count). The molecule has 0 saturated carbocycles. The summed E-state index contributed by atoms with van der Waals surface area (Å²) in [6.07, 6.45) is 3.08. The second-order valence-corrected chi connectivity index (χ2v) is 3.43. The van der Waals surface area contributed by atoms with Crippen molar-refractivity contribution < 1.29 is 9.94 Å². The molecule has 0 aliphatic heterocycles. The smallest absolute Gasteiger partial charge is 0.130 e. The number of aromatic nitrogens is 1. The molecule has 0 unspecified atom stereocenters. The fraction of sp³-hybridized carbons (Fsp3) is 0.0769. The lowest BCUT2D eigenvalue weighted by Gasteiger charge is -2.05. The topological polar surface area (TPSA) is 54.7 Å². The van der Waals surface area contributed by atoms with Crippen molar-refractivity contribution in [3.8, 4) is 5.75 Å². The lowest BCUT2D eigenvalue weighted by molar-refractivity contribution is 0.301. The lowest BCUT2D eigenvalue weighted by atomic mass is 10.2. The highest BCUT2D eigenvalue weighted by Crippen LogP contribution is 2.13. The summed E-state index contributed by atoms with van der Waals surface area (Å²) < 4.78 is 5.57. The highest BCUT2D eigenvalue weighted by molar-refractivity contribution is 5.79. The van der Waals surface area contributed by atoms with Crippen molar-refractivity contribution in [2.75, 3.05) is 0 Å². The Balaban J connectivity index is 2.02. The van der Waals surface area contributed by atoms with Gasteiger partial charge >= 0.3 is 0 Å². The average Bonchev–Trinajstić information content (AvgIpc) is 2.39. The number of nitrogens with zero attached hydrogens (tertiary/aromatic N) is 2. The second-order valence-electron chi connectivity index (χ2n) is 3.43. The van der Waals surface area contributed by atoms with Crippen LogP contribution >= 0.6 is 0 Å². The standard InChI is InChI=1S/C13H12N2O2/c16-15-9-11-4-3-6-13(8-11)17-10-12-5-1-2-7-14-12/h1-9,16H,10H2/b15-9-. The van der Waals surface area contributed by atoms with E-state index in [0.29, 0.717) is 12.4 Å². The normalized spacial score (nSPS) is 10.6. The third-order valence-electron chi connectivity index (χ3n) is 2.18. The summed E-state index contributed by atoms with van der Waals surface area (Å²) >= 11 is 0. The summed E-state index contributed by atoms with van der Waals surface area (Å²) in [7, 11) is 0. The van der Waals surface area contributed by atoms with Crippen molar-refractivity contribution in [1.82, 2.24) is 4.98 Å². The van der Waals surface area contributed by atoms with Crippen molar-refractivity contribution in [1.29, 1.82) is 0 Å². The third-order valence-corrected chi connectivity index (χ3v) is 2.18. The summed E-state index contributed by atoms with van der Waals surface area (Å²) in [6.45, 7) is 0.417. The summed E-state index contributed by atoms with van der Waals surface area (Å²) in [4.78, 5) is 4.16. The van der Waals surface area contributed by atoms with E-state index in [-0.39, 0.29) is 0 Å². The van der Waals surface area contributed by atoms with Gasteiger partial charge in [0.25, 0.3) is 0 Å². The van der Waals surface area contributed by atoms with Gasteiger partial charge in [0.1, 0.15) is 12.4 Å². The third kappa shape index (κ3) is 3.31. The Bertz CT molecular complexity index is 498. The Kier molecular flexibility index (Phi) is 3.70. The van der Waals surface area contributed by atoms with Crippen LogP contribution in [0.25, 0.3) is 0 Å². The van der Waals surface area contributed by atoms with E-state index in [9.17, 15) is 0 Å². The largest absolute Gasteiger partial charge is 0.487 e. The van der Waals surface area contributed by atoms with Crippen molar-refractivity contribution in [3.05, 3.63) is 59.9 Å². The van der Waals surface area contributed by atoms with Gasteiger partial charge in [-0.25, -0.2) is 0 Å². The first-order chi connectivity index (χ1) is 8.38. The predicted octanol–water partition coefficient (Wildman–Crippen LogP) is 2.47. The van der Waals surface area contributed by atoms with Crippen LogP contribution in [-0.2, 0) is 6.61 Å². The van der Waals surface area contributed by atoms with E-state index < -0.39 is 0 Å². The van der Waals surface area contributed by atoms with Gasteiger partial charge in [-0.15, -0.1) is 0 Å². The number of hydrogen-bond donors (Lipinski definition) is 1. The zero-order chi connectivity index (χ0) is 11.9. The first kappa shape index (κ1) is 11.1. The molecule has 17 heavy (non-hydrogen) atoms. The lowest BCUT2D eigenvalue weighted by Crippen LogP contribution is -1.97. The van der Waals surface area contributed by atoms with Gasteiger partial charge in [-0.2, -0.15) is 0 Å². The van der Waals surface area contributed by atoms with Crippen LogP contribution in [0, 0.1) is 0 Å². The van der Waals surface area contributed by atoms with Gasteiger partial charge in [-0.1, -0.05) is 23.4 Å². The molecule has 0 radical (unpaired) electrons. The predicted molar refractivity (Wildman–Crippen MR) is 64.4 cm³/mol. The maximum Gasteiger partial charge on any atom is 0.130 e. The Morgan fingerprint density at radius 1 is 1.24 bits per heavy atom. The van der Waals surface area contributed by atoms with Crippen LogP contribution < -0.4 is 4.74 Å². The van der Waals surface area contributed by atoms with Crippen molar-refractivity contribution >= 4 is 6.21 Å². The van der Waals surface area contributed by atoms with E-state index in [4.69, 9.17) is 9.94 Å². The maximum absolute atomic E-state index is 8.44. The molecule has 0 amide bonds. The Morgan fingerprint density at radius 3 is 2.94 bits per heavy atom. The minimum Gasteiger partial charge on any atom is -0.487 e. The zero-order valence-corrected chi connectivity index (χ0v) is 9.15. The SMILES string of the molecule is O/N=C\c1cccc(OCc2ccccn2)c1. The molecule has 0 fully saturated rings. The van der Waals surface area contributed by atoms with Crippen LogP contribution in [0.4, 0.5) is 0 Å². The number of ether oxygens (including phenoxy) is 1. The number of oxime groups is 1. The molecule has 0 aliphatic carbocycles. The van der Waals surface area contributed by atoms with Gasteiger partial charge in [0.15, 0.2) is 0 Å². The van der Waals surface area contributed by atoms with Crippen LogP contribution in [0.15, 0.2) is 53.8 Å². The van der Waals surface area contributed by atoms with Crippen LogP contribution in [-0.4, -0.2) is 16.4 Å². The van der Waals surface area contributed by atoms with E-state index >= 15 is 0 Å². The molecule has 0 bridgehead atoms. The van der Waals surface area contributed by atoms with Crippen molar-refractivity contribution in [2.45, 2.75) is 6.61 Å². The van der Waals surface area contributed by atoms with Crippen LogP contribution in [0.2, 0.25) is 0 Å². The van der Waals surface area contributed by atoms with Crippen LogP contribution in [0.3, 0.4) is 0 Å². The molecular formula is C13H12N2O2. The molecule has 86 valence electrons. The molecule has 4 nitrogen and oxygen atoms in total. The van der Waals surface area contributed by atoms with Gasteiger partial charge in [0.05, 0.1) is 11.9 Å². The molecule has 4 heteroatoms. The summed E-state index contributed by atoms with van der Waals surface area (Å²) in [5, 5.41) is 11.4.